The summed E-state index contributed by atoms with van der Waals surface area (Å²) in [6.45, 7) is 5.04. The van der Waals surface area contributed by atoms with Gasteiger partial charge in [0.05, 0.1) is 12.6 Å². The first-order chi connectivity index (χ1) is 14.4. The van der Waals surface area contributed by atoms with E-state index in [1.807, 2.05) is 44.2 Å². The summed E-state index contributed by atoms with van der Waals surface area (Å²) < 4.78 is 10.5. The van der Waals surface area contributed by atoms with Crippen LogP contribution in [0.2, 0.25) is 0 Å². The largest absolute Gasteiger partial charge is 0.445 e. The van der Waals surface area contributed by atoms with E-state index in [1.54, 1.807) is 7.11 Å². The van der Waals surface area contributed by atoms with Gasteiger partial charge < -0.3 is 25.4 Å². The maximum absolute atomic E-state index is 12.9. The predicted molar refractivity (Wildman–Crippen MR) is 113 cm³/mol. The number of hydrogen-bond donors (Lipinski definition) is 3. The molecule has 166 valence electrons. The van der Waals surface area contributed by atoms with Crippen molar-refractivity contribution in [2.24, 2.45) is 11.8 Å². The highest BCUT2D eigenvalue weighted by Gasteiger charge is 2.30. The first-order valence-corrected chi connectivity index (χ1v) is 10.4. The summed E-state index contributed by atoms with van der Waals surface area (Å²) in [6, 6.07) is 8.30. The van der Waals surface area contributed by atoms with Gasteiger partial charge in [0.2, 0.25) is 11.8 Å². The minimum absolute atomic E-state index is 0.00620. The zero-order chi connectivity index (χ0) is 21.9. The molecule has 3 N–H and O–H groups in total. The van der Waals surface area contributed by atoms with E-state index < -0.39 is 12.1 Å². The number of hydrogen-bond acceptors (Lipinski definition) is 5. The Morgan fingerprint density at radius 3 is 2.53 bits per heavy atom. The maximum atomic E-state index is 12.9. The summed E-state index contributed by atoms with van der Waals surface area (Å²) in [6.07, 6.45) is 1.07. The fourth-order valence-corrected chi connectivity index (χ4v) is 3.49. The van der Waals surface area contributed by atoms with Crippen molar-refractivity contribution in [1.82, 2.24) is 16.0 Å². The lowest BCUT2D eigenvalue weighted by molar-refractivity contribution is -0.126. The third-order valence-electron chi connectivity index (χ3n) is 4.97. The van der Waals surface area contributed by atoms with Crippen LogP contribution in [0.5, 0.6) is 0 Å². The van der Waals surface area contributed by atoms with E-state index in [9.17, 15) is 14.4 Å². The number of amides is 3. The molecule has 1 aliphatic heterocycles. The highest BCUT2D eigenvalue weighted by molar-refractivity contribution is 5.86. The Labute approximate surface area is 178 Å². The van der Waals surface area contributed by atoms with Crippen LogP contribution in [-0.2, 0) is 25.7 Å². The Balaban J connectivity index is 1.92. The number of ether oxygens (including phenoxy) is 2. The Morgan fingerprint density at radius 2 is 1.93 bits per heavy atom. The first kappa shape index (κ1) is 23.7. The molecule has 3 atom stereocenters. The normalized spacial score (nSPS) is 17.9. The maximum Gasteiger partial charge on any atom is 0.408 e. The molecule has 8 heteroatoms. The van der Waals surface area contributed by atoms with Crippen molar-refractivity contribution in [2.75, 3.05) is 20.3 Å². The molecule has 0 spiro atoms. The summed E-state index contributed by atoms with van der Waals surface area (Å²) in [7, 11) is 1.55. The number of methoxy groups -OCH3 is 1. The quantitative estimate of drug-likeness (QED) is 0.509. The molecule has 1 heterocycles. The van der Waals surface area contributed by atoms with Crippen molar-refractivity contribution >= 4 is 17.9 Å². The average Bonchev–Trinajstić information content (AvgIpc) is 3.11. The molecule has 1 aromatic rings. The molecule has 0 bridgehead atoms. The topological polar surface area (TPSA) is 106 Å². The van der Waals surface area contributed by atoms with E-state index in [0.29, 0.717) is 26.0 Å². The number of benzene rings is 1. The predicted octanol–water partition coefficient (Wildman–Crippen LogP) is 1.98. The smallest absolute Gasteiger partial charge is 0.408 e. The molecule has 1 saturated heterocycles. The highest BCUT2D eigenvalue weighted by Crippen LogP contribution is 2.17. The monoisotopic (exact) mass is 419 g/mol. The summed E-state index contributed by atoms with van der Waals surface area (Å²) >= 11 is 0. The van der Waals surface area contributed by atoms with Gasteiger partial charge in [-0.25, -0.2) is 4.79 Å². The van der Waals surface area contributed by atoms with E-state index in [-0.39, 0.29) is 36.3 Å². The molecule has 1 aromatic carbocycles. The molecule has 0 unspecified atom stereocenters. The van der Waals surface area contributed by atoms with Crippen molar-refractivity contribution in [3.05, 3.63) is 35.9 Å². The van der Waals surface area contributed by atoms with Crippen molar-refractivity contribution in [1.29, 1.82) is 0 Å². The van der Waals surface area contributed by atoms with E-state index in [0.717, 1.165) is 12.0 Å². The van der Waals surface area contributed by atoms with Crippen LogP contribution in [0, 0.1) is 11.8 Å². The Hall–Kier alpha value is -2.61. The molecular formula is C22H33N3O5. The molecular weight excluding hydrogens is 386 g/mol. The number of rotatable bonds is 11. The van der Waals surface area contributed by atoms with Gasteiger partial charge in [-0.2, -0.15) is 0 Å². The van der Waals surface area contributed by atoms with E-state index in [4.69, 9.17) is 9.47 Å². The summed E-state index contributed by atoms with van der Waals surface area (Å²) in [5.41, 5.74) is 0.868. The lowest BCUT2D eigenvalue weighted by Crippen LogP contribution is -2.51. The van der Waals surface area contributed by atoms with Crippen molar-refractivity contribution < 1.29 is 23.9 Å². The second kappa shape index (κ2) is 12.2. The third-order valence-corrected chi connectivity index (χ3v) is 4.97. The van der Waals surface area contributed by atoms with Gasteiger partial charge in [0.25, 0.3) is 0 Å². The average molecular weight is 420 g/mol. The van der Waals surface area contributed by atoms with Crippen LogP contribution in [0.3, 0.4) is 0 Å². The lowest BCUT2D eigenvalue weighted by atomic mass is 9.97. The van der Waals surface area contributed by atoms with Crippen LogP contribution in [0.15, 0.2) is 30.3 Å². The van der Waals surface area contributed by atoms with Gasteiger partial charge in [-0.15, -0.1) is 0 Å². The second-order valence-electron chi connectivity index (χ2n) is 8.06. The van der Waals surface area contributed by atoms with Gasteiger partial charge in [-0.3, -0.25) is 9.59 Å². The van der Waals surface area contributed by atoms with Crippen LogP contribution in [0.4, 0.5) is 4.79 Å². The second-order valence-corrected chi connectivity index (χ2v) is 8.06. The summed E-state index contributed by atoms with van der Waals surface area (Å²) in [4.78, 5) is 37.0. The molecule has 0 aliphatic carbocycles. The van der Waals surface area contributed by atoms with Gasteiger partial charge in [0.1, 0.15) is 12.6 Å². The van der Waals surface area contributed by atoms with Crippen LogP contribution < -0.4 is 16.0 Å². The third kappa shape index (κ3) is 8.02. The Bertz CT molecular complexity index is 695. The SMILES string of the molecule is COC[C@H](C[C@@H]1CCNC1=O)NC(=O)[C@H](CC(C)C)NC(=O)OCc1ccccc1. The standard InChI is InChI=1S/C22H33N3O5/c1-15(2)11-19(25-22(28)30-13-16-7-5-4-6-8-16)21(27)24-18(14-29-3)12-17-9-10-23-20(17)26/h4-8,15,17-19H,9-14H2,1-3H3,(H,23,26)(H,24,27)(H,25,28)/t17-,18-,19-/m0/s1. The number of nitrogens with one attached hydrogen (secondary N) is 3. The summed E-state index contributed by atoms with van der Waals surface area (Å²) in [5.74, 6) is -0.248. The zero-order valence-electron chi connectivity index (χ0n) is 18.0. The van der Waals surface area contributed by atoms with Crippen LogP contribution >= 0.6 is 0 Å². The molecule has 1 aliphatic rings. The highest BCUT2D eigenvalue weighted by atomic mass is 16.5. The van der Waals surface area contributed by atoms with E-state index in [2.05, 4.69) is 16.0 Å². The van der Waals surface area contributed by atoms with E-state index >= 15 is 0 Å². The van der Waals surface area contributed by atoms with Crippen LogP contribution in [0.25, 0.3) is 0 Å². The van der Waals surface area contributed by atoms with Crippen LogP contribution in [-0.4, -0.2) is 50.3 Å². The first-order valence-electron chi connectivity index (χ1n) is 10.4. The lowest BCUT2D eigenvalue weighted by Gasteiger charge is -2.25. The number of carbonyl (C=O) groups excluding carboxylic acids is 3. The number of alkyl carbamates (subject to hydrolysis) is 1. The fourth-order valence-electron chi connectivity index (χ4n) is 3.49. The van der Waals surface area contributed by atoms with Crippen molar-refractivity contribution in [3.8, 4) is 0 Å². The molecule has 0 radical (unpaired) electrons. The zero-order valence-corrected chi connectivity index (χ0v) is 18.0. The molecule has 30 heavy (non-hydrogen) atoms. The molecule has 2 rings (SSSR count). The van der Waals surface area contributed by atoms with Crippen molar-refractivity contribution in [3.63, 3.8) is 0 Å². The molecule has 0 saturated carbocycles. The summed E-state index contributed by atoms with van der Waals surface area (Å²) in [5, 5.41) is 8.42. The Morgan fingerprint density at radius 1 is 1.20 bits per heavy atom. The minimum atomic E-state index is -0.731. The van der Waals surface area contributed by atoms with Crippen molar-refractivity contribution in [2.45, 2.75) is 51.8 Å². The van der Waals surface area contributed by atoms with Crippen LogP contribution in [0.1, 0.15) is 38.7 Å². The molecule has 1 fully saturated rings. The molecule has 8 nitrogen and oxygen atoms in total. The minimum Gasteiger partial charge on any atom is -0.445 e. The van der Waals surface area contributed by atoms with Gasteiger partial charge in [0, 0.05) is 19.6 Å². The fraction of sp³-hybridized carbons (Fsp3) is 0.591. The van der Waals surface area contributed by atoms with E-state index in [1.165, 1.54) is 0 Å². The molecule has 0 aromatic heterocycles. The Kier molecular flexibility index (Phi) is 9.60. The van der Waals surface area contributed by atoms with Gasteiger partial charge >= 0.3 is 6.09 Å². The number of carbonyl (C=O) groups is 3. The van der Waals surface area contributed by atoms with Gasteiger partial charge in [-0.1, -0.05) is 44.2 Å². The van der Waals surface area contributed by atoms with Gasteiger partial charge in [-0.05, 0) is 30.7 Å². The van der Waals surface area contributed by atoms with Gasteiger partial charge in [0.15, 0.2) is 0 Å². The molecule has 3 amide bonds.